The lowest BCUT2D eigenvalue weighted by molar-refractivity contribution is 0.767. The Morgan fingerprint density at radius 1 is 1.20 bits per heavy atom. The lowest BCUT2D eigenvalue weighted by Crippen LogP contribution is -2.09. The maximum absolute atomic E-state index is 5.92. The first-order chi connectivity index (χ1) is 9.72. The normalized spacial score (nSPS) is 10.8. The highest BCUT2D eigenvalue weighted by Gasteiger charge is 2.05. The molecule has 102 valence electrons. The van der Waals surface area contributed by atoms with E-state index in [-0.39, 0.29) is 0 Å². The number of hydrogen-bond donors (Lipinski definition) is 2. The highest BCUT2D eigenvalue weighted by molar-refractivity contribution is 5.79. The van der Waals surface area contributed by atoms with Crippen molar-refractivity contribution in [2.75, 3.05) is 17.6 Å². The van der Waals surface area contributed by atoms with Gasteiger partial charge in [0.2, 0.25) is 0 Å². The Morgan fingerprint density at radius 2 is 1.95 bits per heavy atom. The Hall–Kier alpha value is -2.63. The topological polar surface area (TPSA) is 81.7 Å². The number of rotatable bonds is 4. The van der Waals surface area contributed by atoms with Gasteiger partial charge in [-0.1, -0.05) is 12.1 Å². The van der Waals surface area contributed by atoms with Gasteiger partial charge < -0.3 is 11.1 Å². The summed E-state index contributed by atoms with van der Waals surface area (Å²) in [4.78, 5) is 8.83. The second-order valence-electron chi connectivity index (χ2n) is 4.65. The molecule has 1 aromatic carbocycles. The summed E-state index contributed by atoms with van der Waals surface area (Å²) in [6.07, 6.45) is 4.72. The van der Waals surface area contributed by atoms with E-state index in [0.29, 0.717) is 11.6 Å². The summed E-state index contributed by atoms with van der Waals surface area (Å²) in [6.45, 7) is 0.739. The molecule has 3 N–H and O–H groups in total. The van der Waals surface area contributed by atoms with Gasteiger partial charge in [-0.25, -0.2) is 9.97 Å². The molecule has 0 saturated carbocycles. The van der Waals surface area contributed by atoms with Gasteiger partial charge >= 0.3 is 0 Å². The molecule has 6 heteroatoms. The summed E-state index contributed by atoms with van der Waals surface area (Å²) in [5.41, 5.74) is 8.74. The monoisotopic (exact) mass is 268 g/mol. The Kier molecular flexibility index (Phi) is 3.20. The van der Waals surface area contributed by atoms with Gasteiger partial charge in [-0.3, -0.25) is 4.68 Å². The fourth-order valence-electron chi connectivity index (χ4n) is 2.07. The molecule has 0 atom stereocenters. The van der Waals surface area contributed by atoms with Gasteiger partial charge in [0.25, 0.3) is 0 Å². The largest absolute Gasteiger partial charge is 0.381 e. The zero-order valence-corrected chi connectivity index (χ0v) is 11.2. The number of benzene rings is 1. The number of nitrogens with two attached hydrogens (primary N) is 1. The number of nitrogens with zero attached hydrogens (tertiary/aromatic N) is 4. The standard InChI is InChI=1S/C14H16N6/c1-20-9-10(8-17-20)6-7-16-14-13(15)18-11-4-2-3-5-12(11)19-14/h2-5,8-9H,6-7H2,1H3,(H2,15,18)(H,16,19). The molecule has 0 aliphatic heterocycles. The lowest BCUT2D eigenvalue weighted by atomic mass is 10.2. The van der Waals surface area contributed by atoms with E-state index in [2.05, 4.69) is 20.4 Å². The van der Waals surface area contributed by atoms with Crippen LogP contribution in [0, 0.1) is 0 Å². The first-order valence-electron chi connectivity index (χ1n) is 6.46. The fourth-order valence-corrected chi connectivity index (χ4v) is 2.07. The Labute approximate surface area is 116 Å². The van der Waals surface area contributed by atoms with Crippen LogP contribution in [-0.2, 0) is 13.5 Å². The average Bonchev–Trinajstić information content (AvgIpc) is 2.85. The third-order valence-corrected chi connectivity index (χ3v) is 3.06. The average molecular weight is 268 g/mol. The quantitative estimate of drug-likeness (QED) is 0.751. The minimum atomic E-state index is 0.426. The predicted molar refractivity (Wildman–Crippen MR) is 79.4 cm³/mol. The Balaban J connectivity index is 1.72. The van der Waals surface area contributed by atoms with E-state index >= 15 is 0 Å². The second-order valence-corrected chi connectivity index (χ2v) is 4.65. The first kappa shape index (κ1) is 12.4. The molecule has 6 nitrogen and oxygen atoms in total. The van der Waals surface area contributed by atoms with Gasteiger partial charge in [-0.15, -0.1) is 0 Å². The molecule has 0 amide bonds. The first-order valence-corrected chi connectivity index (χ1v) is 6.46. The zero-order chi connectivity index (χ0) is 13.9. The number of aryl methyl sites for hydroxylation is 1. The number of para-hydroxylation sites is 2. The molecular weight excluding hydrogens is 252 g/mol. The summed E-state index contributed by atoms with van der Waals surface area (Å²) >= 11 is 0. The summed E-state index contributed by atoms with van der Waals surface area (Å²) in [6, 6.07) is 7.69. The minimum Gasteiger partial charge on any atom is -0.381 e. The molecule has 0 aliphatic rings. The molecule has 3 rings (SSSR count). The molecule has 20 heavy (non-hydrogen) atoms. The van der Waals surface area contributed by atoms with E-state index in [4.69, 9.17) is 5.73 Å². The third-order valence-electron chi connectivity index (χ3n) is 3.06. The Morgan fingerprint density at radius 3 is 2.65 bits per heavy atom. The van der Waals surface area contributed by atoms with Crippen molar-refractivity contribution in [3.63, 3.8) is 0 Å². The van der Waals surface area contributed by atoms with Crippen LogP contribution in [0.4, 0.5) is 11.6 Å². The van der Waals surface area contributed by atoms with Crippen molar-refractivity contribution in [2.45, 2.75) is 6.42 Å². The molecule has 0 radical (unpaired) electrons. The number of hydrogen-bond acceptors (Lipinski definition) is 5. The molecule has 0 bridgehead atoms. The molecule has 0 aliphatic carbocycles. The van der Waals surface area contributed by atoms with E-state index < -0.39 is 0 Å². The van der Waals surface area contributed by atoms with Gasteiger partial charge in [0.05, 0.1) is 17.2 Å². The third kappa shape index (κ3) is 2.54. The lowest BCUT2D eigenvalue weighted by Gasteiger charge is -2.08. The van der Waals surface area contributed by atoms with E-state index in [1.54, 1.807) is 4.68 Å². The molecule has 0 saturated heterocycles. The van der Waals surface area contributed by atoms with Gasteiger partial charge in [-0.2, -0.15) is 5.10 Å². The summed E-state index contributed by atoms with van der Waals surface area (Å²) < 4.78 is 1.79. The minimum absolute atomic E-state index is 0.426. The number of nitrogens with one attached hydrogen (secondary N) is 1. The van der Waals surface area contributed by atoms with Gasteiger partial charge in [0.1, 0.15) is 0 Å². The molecule has 2 heterocycles. The van der Waals surface area contributed by atoms with Crippen LogP contribution in [0.3, 0.4) is 0 Å². The highest BCUT2D eigenvalue weighted by atomic mass is 15.2. The SMILES string of the molecule is Cn1cc(CCNc2nc3ccccc3nc2N)cn1. The highest BCUT2D eigenvalue weighted by Crippen LogP contribution is 2.18. The second kappa shape index (κ2) is 5.16. The van der Waals surface area contributed by atoms with Crippen LogP contribution in [0.25, 0.3) is 11.0 Å². The molecule has 0 fully saturated rings. The maximum atomic E-state index is 5.92. The fraction of sp³-hybridized carbons (Fsp3) is 0.214. The van der Waals surface area contributed by atoms with Gasteiger partial charge in [0.15, 0.2) is 11.6 Å². The van der Waals surface area contributed by atoms with Crippen molar-refractivity contribution in [1.29, 1.82) is 0 Å². The summed E-state index contributed by atoms with van der Waals surface area (Å²) in [7, 11) is 1.91. The van der Waals surface area contributed by atoms with Crippen molar-refractivity contribution in [2.24, 2.45) is 7.05 Å². The molecule has 3 aromatic rings. The van der Waals surface area contributed by atoms with Crippen LogP contribution in [0.1, 0.15) is 5.56 Å². The van der Waals surface area contributed by atoms with E-state index in [0.717, 1.165) is 24.0 Å². The van der Waals surface area contributed by atoms with Crippen molar-refractivity contribution < 1.29 is 0 Å². The summed E-state index contributed by atoms with van der Waals surface area (Å²) in [5.74, 6) is 1.06. The Bertz CT molecular complexity index is 733. The predicted octanol–water partition coefficient (Wildman–Crippen LogP) is 1.60. The van der Waals surface area contributed by atoms with Crippen LogP contribution < -0.4 is 11.1 Å². The van der Waals surface area contributed by atoms with Crippen LogP contribution in [-0.4, -0.2) is 26.3 Å². The van der Waals surface area contributed by atoms with Gasteiger partial charge in [0, 0.05) is 19.8 Å². The maximum Gasteiger partial charge on any atom is 0.169 e. The van der Waals surface area contributed by atoms with E-state index in [9.17, 15) is 0 Å². The molecular formula is C14H16N6. The number of anilines is 2. The summed E-state index contributed by atoms with van der Waals surface area (Å²) in [5, 5.41) is 7.36. The van der Waals surface area contributed by atoms with Crippen LogP contribution >= 0.6 is 0 Å². The van der Waals surface area contributed by atoms with Crippen LogP contribution in [0.2, 0.25) is 0 Å². The van der Waals surface area contributed by atoms with Crippen molar-refractivity contribution >= 4 is 22.7 Å². The number of aromatic nitrogens is 4. The number of fused-ring (bicyclic) bond motifs is 1. The van der Waals surface area contributed by atoms with Crippen molar-refractivity contribution in [1.82, 2.24) is 19.7 Å². The van der Waals surface area contributed by atoms with Crippen LogP contribution in [0.5, 0.6) is 0 Å². The van der Waals surface area contributed by atoms with Gasteiger partial charge in [-0.05, 0) is 24.1 Å². The van der Waals surface area contributed by atoms with E-state index in [1.807, 2.05) is 43.7 Å². The molecule has 2 aromatic heterocycles. The van der Waals surface area contributed by atoms with Crippen molar-refractivity contribution in [3.8, 4) is 0 Å². The zero-order valence-electron chi connectivity index (χ0n) is 11.2. The molecule has 0 unspecified atom stereocenters. The van der Waals surface area contributed by atoms with Crippen LogP contribution in [0.15, 0.2) is 36.7 Å². The molecule has 0 spiro atoms. The number of nitrogen functional groups attached to an aromatic ring is 1. The smallest absolute Gasteiger partial charge is 0.169 e. The van der Waals surface area contributed by atoms with E-state index in [1.165, 1.54) is 5.56 Å². The van der Waals surface area contributed by atoms with Crippen molar-refractivity contribution in [3.05, 3.63) is 42.2 Å².